The monoisotopic (exact) mass is 519 g/mol. The quantitative estimate of drug-likeness (QED) is 0.175. The number of rotatable bonds is 8. The van der Waals surface area contributed by atoms with Crippen LogP contribution < -0.4 is 20.5 Å². The van der Waals surface area contributed by atoms with Crippen LogP contribution in [0.25, 0.3) is 0 Å². The normalized spacial score (nSPS) is 19.7. The van der Waals surface area contributed by atoms with E-state index in [4.69, 9.17) is 10.6 Å². The van der Waals surface area contributed by atoms with Crippen LogP contribution in [0, 0.1) is 0 Å². The van der Waals surface area contributed by atoms with Crippen LogP contribution in [0.4, 0.5) is 10.9 Å². The molecule has 184 valence electrons. The van der Waals surface area contributed by atoms with E-state index in [1.165, 1.54) is 23.8 Å². The number of hydrogen-bond donors (Lipinski definition) is 3. The van der Waals surface area contributed by atoms with Gasteiger partial charge in [0.05, 0.1) is 6.20 Å². The number of thioether (sulfide) groups is 1. The Bertz CT molecular complexity index is 1240. The molecule has 0 bridgehead atoms. The van der Waals surface area contributed by atoms with Gasteiger partial charge in [-0.05, 0) is 0 Å². The summed E-state index contributed by atoms with van der Waals surface area (Å²) in [5.74, 6) is -1.31. The average Bonchev–Trinajstić information content (AvgIpc) is 3.26. The van der Waals surface area contributed by atoms with E-state index in [2.05, 4.69) is 20.4 Å². The van der Waals surface area contributed by atoms with E-state index in [0.29, 0.717) is 17.1 Å². The van der Waals surface area contributed by atoms with Crippen molar-refractivity contribution in [3.05, 3.63) is 40.9 Å². The molecule has 2 aliphatic rings. The van der Waals surface area contributed by atoms with E-state index in [1.54, 1.807) is 24.0 Å². The van der Waals surface area contributed by atoms with Crippen LogP contribution in [-0.2, 0) is 25.8 Å². The maximum Gasteiger partial charge on any atom is 0.352 e. The summed E-state index contributed by atoms with van der Waals surface area (Å²) < 4.78 is 1.82. The van der Waals surface area contributed by atoms with Crippen molar-refractivity contribution in [3.63, 3.8) is 0 Å². The van der Waals surface area contributed by atoms with Crippen molar-refractivity contribution in [2.24, 2.45) is 5.16 Å². The Balaban J connectivity index is 1.54. The Morgan fingerprint density at radius 2 is 2.23 bits per heavy atom. The standard InChI is InChI=1S/C20H22N8O5S2/c1-26(2)12-7-27(5-4-22-12)6-10-8-34-18-14(17(30)28(18)15(10)19(31)32)24-16(29)13(25-33-3)11-9-35-20(21)23-11/h4-5,7,9,14,18H,6,8H2,1-3H3,(H3-,21,23,24,29,31,32)/p+1/b25-13-/t14-,18-/m1/s1. The predicted molar refractivity (Wildman–Crippen MR) is 129 cm³/mol. The number of nitrogens with two attached hydrogens (primary N) is 1. The van der Waals surface area contributed by atoms with Crippen LogP contribution >= 0.6 is 23.1 Å². The fraction of sp³-hybridized carbons (Fsp3) is 0.350. The summed E-state index contributed by atoms with van der Waals surface area (Å²) in [6.07, 6.45) is 5.16. The van der Waals surface area contributed by atoms with Crippen molar-refractivity contribution in [2.75, 3.05) is 37.6 Å². The Morgan fingerprint density at radius 1 is 1.46 bits per heavy atom. The number of anilines is 2. The number of amides is 2. The van der Waals surface area contributed by atoms with Crippen molar-refractivity contribution in [3.8, 4) is 0 Å². The number of β-lactam (4-membered cyclic amide) rings is 1. The molecule has 1 fully saturated rings. The number of fused-ring (bicyclic) bond motifs is 1. The molecule has 2 atom stereocenters. The van der Waals surface area contributed by atoms with Gasteiger partial charge in [0.2, 0.25) is 6.20 Å². The van der Waals surface area contributed by atoms with Crippen molar-refractivity contribution in [2.45, 2.75) is 18.0 Å². The zero-order valence-corrected chi connectivity index (χ0v) is 20.7. The van der Waals surface area contributed by atoms with E-state index in [1.807, 2.05) is 23.6 Å². The van der Waals surface area contributed by atoms with Crippen LogP contribution in [0.15, 0.2) is 40.4 Å². The highest BCUT2D eigenvalue weighted by molar-refractivity contribution is 8.00. The summed E-state index contributed by atoms with van der Waals surface area (Å²) in [6.45, 7) is 0.279. The molecule has 2 aliphatic heterocycles. The molecule has 0 spiro atoms. The number of nitrogens with zero attached hydrogens (tertiary/aromatic N) is 6. The van der Waals surface area contributed by atoms with Gasteiger partial charge in [-0.3, -0.25) is 14.5 Å². The van der Waals surface area contributed by atoms with Gasteiger partial charge in [0, 0.05) is 30.8 Å². The second kappa shape index (κ2) is 9.87. The molecule has 2 amide bonds. The first-order chi connectivity index (χ1) is 16.7. The highest BCUT2D eigenvalue weighted by Gasteiger charge is 2.54. The summed E-state index contributed by atoms with van der Waals surface area (Å²) in [5, 5.41) is 17.5. The third-order valence-corrected chi connectivity index (χ3v) is 7.29. The van der Waals surface area contributed by atoms with Gasteiger partial charge in [-0.1, -0.05) is 5.16 Å². The largest absolute Gasteiger partial charge is 0.477 e. The zero-order chi connectivity index (χ0) is 25.3. The number of hydrogen-bond acceptors (Lipinski definition) is 11. The van der Waals surface area contributed by atoms with Gasteiger partial charge in [0.1, 0.15) is 29.9 Å². The van der Waals surface area contributed by atoms with E-state index < -0.39 is 29.2 Å². The summed E-state index contributed by atoms with van der Waals surface area (Å²) in [6, 6.07) is -0.921. The first-order valence-electron chi connectivity index (χ1n) is 10.3. The summed E-state index contributed by atoms with van der Waals surface area (Å²) in [4.78, 5) is 54.1. The van der Waals surface area contributed by atoms with E-state index in [9.17, 15) is 19.5 Å². The predicted octanol–water partition coefficient (Wildman–Crippen LogP) is -0.737. The maximum atomic E-state index is 13.0. The van der Waals surface area contributed by atoms with E-state index >= 15 is 0 Å². The molecular weight excluding hydrogens is 496 g/mol. The highest BCUT2D eigenvalue weighted by Crippen LogP contribution is 2.40. The molecule has 0 radical (unpaired) electrons. The van der Waals surface area contributed by atoms with E-state index in [0.717, 1.165) is 11.3 Å². The number of carboxylic acid groups (broad SMARTS) is 1. The Labute approximate surface area is 208 Å². The van der Waals surface area contributed by atoms with E-state index in [-0.39, 0.29) is 28.8 Å². The van der Waals surface area contributed by atoms with Crippen molar-refractivity contribution in [1.29, 1.82) is 0 Å². The van der Waals surface area contributed by atoms with Crippen molar-refractivity contribution in [1.82, 2.24) is 20.2 Å². The maximum absolute atomic E-state index is 13.0. The summed E-state index contributed by atoms with van der Waals surface area (Å²) in [5.41, 5.74) is 6.24. The molecule has 4 rings (SSSR count). The lowest BCUT2D eigenvalue weighted by Gasteiger charge is -2.49. The number of carboxylic acids is 1. The lowest BCUT2D eigenvalue weighted by atomic mass is 10.0. The molecule has 4 N–H and O–H groups in total. The van der Waals surface area contributed by atoms with Crippen molar-refractivity contribution < 1.29 is 28.9 Å². The molecule has 2 aromatic rings. The molecule has 1 saturated heterocycles. The van der Waals surface area contributed by atoms with Gasteiger partial charge in [-0.25, -0.2) is 14.8 Å². The first-order valence-corrected chi connectivity index (χ1v) is 12.2. The average molecular weight is 520 g/mol. The second-order valence-electron chi connectivity index (χ2n) is 7.79. The molecule has 4 heterocycles. The number of thiazole rings is 1. The summed E-state index contributed by atoms with van der Waals surface area (Å²) in [7, 11) is 4.99. The number of carbonyl (C=O) groups excluding carboxylic acids is 2. The molecule has 13 nitrogen and oxygen atoms in total. The molecule has 0 aliphatic carbocycles. The van der Waals surface area contributed by atoms with Crippen LogP contribution in [0.5, 0.6) is 0 Å². The lowest BCUT2D eigenvalue weighted by molar-refractivity contribution is -0.688. The van der Waals surface area contributed by atoms with Gasteiger partial charge in [-0.15, -0.1) is 23.1 Å². The van der Waals surface area contributed by atoms with Crippen LogP contribution in [0.2, 0.25) is 0 Å². The number of carbonyl (C=O) groups is 3. The number of oxime groups is 1. The second-order valence-corrected chi connectivity index (χ2v) is 9.79. The molecular formula is C20H23N8O5S2+. The minimum Gasteiger partial charge on any atom is -0.477 e. The molecule has 2 aromatic heterocycles. The molecule has 35 heavy (non-hydrogen) atoms. The number of aliphatic carboxylic acids is 1. The van der Waals surface area contributed by atoms with Gasteiger partial charge >= 0.3 is 5.97 Å². The van der Waals surface area contributed by atoms with Gasteiger partial charge < -0.3 is 25.9 Å². The van der Waals surface area contributed by atoms with Gasteiger partial charge in [-0.2, -0.15) is 4.57 Å². The molecule has 0 unspecified atom stereocenters. The number of aromatic nitrogens is 3. The SMILES string of the molecule is CO/N=C(\C(=O)N[C@@H]1C(=O)N2C(C(=O)O)=C(C[n+]3ccnc(N(C)C)c3)CS[C@H]12)c1csc(N)n1. The van der Waals surface area contributed by atoms with Crippen molar-refractivity contribution >= 4 is 57.5 Å². The van der Waals surface area contributed by atoms with Crippen LogP contribution in [0.1, 0.15) is 5.69 Å². The molecule has 0 aromatic carbocycles. The topological polar surface area (TPSA) is 167 Å². The molecule has 0 saturated carbocycles. The number of nitrogen functional groups attached to an aromatic ring is 1. The number of nitrogens with one attached hydrogen (secondary N) is 1. The third kappa shape index (κ3) is 4.77. The Morgan fingerprint density at radius 3 is 2.86 bits per heavy atom. The lowest BCUT2D eigenvalue weighted by Crippen LogP contribution is -2.71. The smallest absolute Gasteiger partial charge is 0.352 e. The fourth-order valence-corrected chi connectivity index (χ4v) is 5.56. The third-order valence-electron chi connectivity index (χ3n) is 5.28. The van der Waals surface area contributed by atoms with Crippen LogP contribution in [0.3, 0.4) is 0 Å². The van der Waals surface area contributed by atoms with Gasteiger partial charge in [0.15, 0.2) is 29.4 Å². The first kappa shape index (κ1) is 24.4. The highest BCUT2D eigenvalue weighted by atomic mass is 32.2. The van der Waals surface area contributed by atoms with Gasteiger partial charge in [0.25, 0.3) is 11.8 Å². The fourth-order valence-electron chi connectivity index (χ4n) is 3.68. The zero-order valence-electron chi connectivity index (χ0n) is 19.0. The minimum atomic E-state index is -1.20. The Kier molecular flexibility index (Phi) is 6.88. The Hall–Kier alpha value is -3.72. The molecule has 15 heteroatoms. The van der Waals surface area contributed by atoms with Crippen LogP contribution in [-0.4, -0.2) is 81.8 Å². The minimum absolute atomic E-state index is 0.0713. The summed E-state index contributed by atoms with van der Waals surface area (Å²) >= 11 is 2.51.